The van der Waals surface area contributed by atoms with Gasteiger partial charge in [-0.2, -0.15) is 0 Å². The fraction of sp³-hybridized carbons (Fsp3) is 0.800. The van der Waals surface area contributed by atoms with Crippen LogP contribution in [0, 0.1) is 0 Å². The van der Waals surface area contributed by atoms with Crippen LogP contribution in [0.5, 0.6) is 0 Å². The topological polar surface area (TPSA) is 51.6 Å². The zero-order chi connectivity index (χ0) is 69.6. The molecule has 554 valence electrons. The van der Waals surface area contributed by atoms with Crippen LogP contribution in [-0.4, -0.2) is 54.2 Å². The van der Waals surface area contributed by atoms with Crippen LogP contribution < -0.4 is 7.16 Å². The Kier molecular flexibility index (Phi) is 40.8. The number of nitrogens with zero attached hydrogens (tertiary/aromatic N) is 4. The molecule has 0 spiro atoms. The molecule has 2 aliphatic rings. The summed E-state index contributed by atoms with van der Waals surface area (Å²) in [5.74, 6) is 0. The third-order valence-electron chi connectivity index (χ3n) is 24.3. The minimum absolute atomic E-state index is 0.0481. The first-order valence-corrected chi connectivity index (χ1v) is 65.1. The summed E-state index contributed by atoms with van der Waals surface area (Å²) < 4.78 is 24.9. The molecule has 0 radical (unpaired) electrons. The van der Waals surface area contributed by atoms with Crippen molar-refractivity contribution in [3.05, 3.63) is 46.5 Å². The van der Waals surface area contributed by atoms with E-state index in [2.05, 4.69) is 81.6 Å². The summed E-state index contributed by atoms with van der Waals surface area (Å²) in [6.07, 6.45) is 83.6. The molecule has 0 unspecified atom stereocenters. The molecular weight excluding hydrogens is 1440 g/mol. The van der Waals surface area contributed by atoms with E-state index in [-0.39, 0.29) is 10.8 Å². The van der Waals surface area contributed by atoms with E-state index in [1.165, 1.54) is 442 Å². The van der Waals surface area contributed by atoms with Crippen molar-refractivity contribution in [2.45, 2.75) is 453 Å². The van der Waals surface area contributed by atoms with Crippen molar-refractivity contribution in [2.75, 3.05) is 0 Å². The van der Waals surface area contributed by atoms with Crippen LogP contribution in [0.4, 0.5) is 0 Å². The van der Waals surface area contributed by atoms with Crippen molar-refractivity contribution < 1.29 is 0 Å². The molecule has 7 rings (SSSR count). The van der Waals surface area contributed by atoms with Gasteiger partial charge in [0.2, 0.25) is 0 Å². The quantitative estimate of drug-likeness (QED) is 0.0288. The van der Waals surface area contributed by atoms with E-state index in [4.69, 9.17) is 17.5 Å². The average molecular weight is 1590 g/mol. The van der Waals surface area contributed by atoms with Gasteiger partial charge in [0.1, 0.15) is 0 Å². The molecule has 0 fully saturated rings. The molecule has 2 aliphatic carbocycles. The Balaban J connectivity index is 1.22. The Morgan fingerprint density at radius 2 is 0.418 bits per heavy atom. The maximum atomic E-state index is 5.51. The van der Waals surface area contributed by atoms with Crippen molar-refractivity contribution in [1.29, 1.82) is 0 Å². The van der Waals surface area contributed by atoms with Crippen LogP contribution in [0.1, 0.15) is 435 Å². The molecule has 0 bridgehead atoms. The van der Waals surface area contributed by atoms with Gasteiger partial charge in [-0.1, -0.05) is 207 Å². The van der Waals surface area contributed by atoms with Crippen molar-refractivity contribution >= 4 is 89.4 Å². The van der Waals surface area contributed by atoms with Crippen LogP contribution in [0.2, 0.25) is 29.6 Å². The van der Waals surface area contributed by atoms with Gasteiger partial charge >= 0.3 is 422 Å². The van der Waals surface area contributed by atoms with E-state index in [9.17, 15) is 0 Å². The van der Waals surface area contributed by atoms with Gasteiger partial charge in [0.25, 0.3) is 0 Å². The van der Waals surface area contributed by atoms with Gasteiger partial charge in [-0.05, 0) is 0 Å². The van der Waals surface area contributed by atoms with Crippen molar-refractivity contribution in [1.82, 2.24) is 17.5 Å². The first-order chi connectivity index (χ1) is 47.9. The Bertz CT molecular complexity index is 2660. The van der Waals surface area contributed by atoms with Crippen LogP contribution in [0.25, 0.3) is 44.3 Å². The Labute approximate surface area is 623 Å². The Hall–Kier alpha value is -1.10. The molecular formula is C90H154N4S2Sn2. The molecule has 2 aromatic heterocycles. The van der Waals surface area contributed by atoms with Gasteiger partial charge in [0.05, 0.1) is 0 Å². The van der Waals surface area contributed by atoms with Crippen LogP contribution in [-0.2, 0) is 10.8 Å². The van der Waals surface area contributed by atoms with E-state index in [0.717, 1.165) is 0 Å². The molecule has 3 aromatic carbocycles. The fourth-order valence-corrected chi connectivity index (χ4v) is 28.2. The fourth-order valence-electron chi connectivity index (χ4n) is 18.2. The van der Waals surface area contributed by atoms with Gasteiger partial charge in [-0.25, -0.2) is 0 Å². The summed E-state index contributed by atoms with van der Waals surface area (Å²) in [6, 6.07) is 11.5. The third-order valence-corrected chi connectivity index (χ3v) is 36.7. The Morgan fingerprint density at radius 3 is 0.612 bits per heavy atom. The molecule has 0 aliphatic heterocycles. The summed E-state index contributed by atoms with van der Waals surface area (Å²) in [6.45, 7) is 9.35. The zero-order valence-electron chi connectivity index (χ0n) is 66.3. The molecule has 98 heavy (non-hydrogen) atoms. The molecule has 0 amide bonds. The van der Waals surface area contributed by atoms with Gasteiger partial charge < -0.3 is 0 Å². The molecule has 4 nitrogen and oxygen atoms in total. The SMILES string of the molecule is CCCCCCCCCCCCCCCCC1(CCCCCCCCCCCCCCCC)c2cc3c(cc2-c2c1c[c]([Sn]([CH3])([CH3])[CH3])c1nsnc21)C(CCCCCCCCCCCCCCCC)(CCCCCCCCCCCCCCCC)c1c[c]([Sn]([CH3])([CH3])[CH3])c2nsnc2c1-3. The number of unbranched alkanes of at least 4 members (excludes halogenated alkanes) is 52. The van der Waals surface area contributed by atoms with E-state index < -0.39 is 36.8 Å². The summed E-state index contributed by atoms with van der Waals surface area (Å²) in [5.41, 5.74) is 17.6. The molecule has 0 saturated carbocycles. The second kappa shape index (κ2) is 47.5. The van der Waals surface area contributed by atoms with Crippen LogP contribution >= 0.6 is 23.5 Å². The van der Waals surface area contributed by atoms with Gasteiger partial charge in [0.15, 0.2) is 0 Å². The van der Waals surface area contributed by atoms with Crippen LogP contribution in [0.15, 0.2) is 24.3 Å². The maximum absolute atomic E-state index is 5.51. The summed E-state index contributed by atoms with van der Waals surface area (Å²) in [7, 11) is 0. The van der Waals surface area contributed by atoms with Crippen molar-refractivity contribution in [3.63, 3.8) is 0 Å². The van der Waals surface area contributed by atoms with Crippen molar-refractivity contribution in [2.24, 2.45) is 0 Å². The zero-order valence-corrected chi connectivity index (χ0v) is 73.7. The van der Waals surface area contributed by atoms with Gasteiger partial charge in [0, 0.05) is 0 Å². The number of benzene rings is 3. The number of rotatable bonds is 62. The van der Waals surface area contributed by atoms with Gasteiger partial charge in [-0.15, -0.1) is 0 Å². The molecule has 0 N–H and O–H groups in total. The molecule has 0 atom stereocenters. The average Bonchev–Trinajstić information content (AvgIpc) is 1.52. The predicted molar refractivity (Wildman–Crippen MR) is 446 cm³/mol. The number of fused-ring (bicyclic) bond motifs is 10. The summed E-state index contributed by atoms with van der Waals surface area (Å²) in [4.78, 5) is 15.9. The van der Waals surface area contributed by atoms with E-state index in [1.807, 2.05) is 0 Å². The number of aromatic nitrogens is 4. The molecule has 5 aromatic rings. The molecule has 2 heterocycles. The van der Waals surface area contributed by atoms with E-state index >= 15 is 0 Å². The second-order valence-corrected chi connectivity index (χ2v) is 64.4. The van der Waals surface area contributed by atoms with Gasteiger partial charge in [-0.3, -0.25) is 0 Å². The second-order valence-electron chi connectivity index (χ2n) is 34.6. The third kappa shape index (κ3) is 26.1. The minimum atomic E-state index is -2.75. The summed E-state index contributed by atoms with van der Waals surface area (Å²) >= 11 is -2.49. The molecule has 8 heteroatoms. The van der Waals surface area contributed by atoms with E-state index in [1.54, 1.807) is 40.5 Å². The van der Waals surface area contributed by atoms with Crippen molar-refractivity contribution in [3.8, 4) is 22.3 Å². The standard InChI is InChI=1S/C84H136N4S2.6CH3.2Sn/c1-5-9-13-17-21-25-29-33-37-41-45-49-53-57-65-83(66-58-54-50-46-42-38-34-30-26-22-18-14-10-6-2)73-61-63-77-81(87-89-85-77)79(73)71-70-76-72(69-75(71)83)80-74(62-64-78-82(80)88-90-86-78)84(76,67-59-55-51-47-43-39-35-31-27-23-19-15-11-7-3)68-60-56-52-48-44-40-36-32-28-24-20-16-12-8-4;;;;;;;;/h61-62,69-70H,5-60,65-68H2,1-4H3;6*1H3;;. The first kappa shape index (κ1) is 84.2. The Morgan fingerprint density at radius 1 is 0.235 bits per heavy atom. The van der Waals surface area contributed by atoms with Crippen LogP contribution in [0.3, 0.4) is 0 Å². The molecule has 0 saturated heterocycles. The number of hydrogen-bond acceptors (Lipinski definition) is 6. The normalized spacial score (nSPS) is 14.0. The first-order valence-electron chi connectivity index (χ1n) is 43.7. The monoisotopic (exact) mass is 1590 g/mol. The predicted octanol–water partition coefficient (Wildman–Crippen LogP) is 30.8. The summed E-state index contributed by atoms with van der Waals surface area (Å²) in [5, 5.41) is 0. The number of hydrogen-bond donors (Lipinski definition) is 0. The van der Waals surface area contributed by atoms with E-state index in [0.29, 0.717) is 0 Å².